The standard InChI is InChI=1S/C17H26S2/c1-3-14-10-17-13-19-9-7-5-6-8-18-12-16(14)11-15(17)4-2/h10-11H,3-9,12-13H2,1-2H3. The van der Waals surface area contributed by atoms with Crippen LogP contribution in [0.15, 0.2) is 12.1 Å². The molecule has 2 heterocycles. The molecule has 0 saturated carbocycles. The minimum absolute atomic E-state index is 1.18. The Kier molecular flexibility index (Phi) is 6.66. The van der Waals surface area contributed by atoms with E-state index in [1.54, 1.807) is 22.3 Å². The van der Waals surface area contributed by atoms with Crippen LogP contribution in [0.2, 0.25) is 0 Å². The molecule has 106 valence electrons. The summed E-state index contributed by atoms with van der Waals surface area (Å²) >= 11 is 4.25. The molecule has 2 aliphatic heterocycles. The lowest BCUT2D eigenvalue weighted by Crippen LogP contribution is -1.99. The zero-order valence-corrected chi connectivity index (χ0v) is 14.0. The van der Waals surface area contributed by atoms with Crippen molar-refractivity contribution in [2.75, 3.05) is 11.5 Å². The van der Waals surface area contributed by atoms with E-state index in [9.17, 15) is 0 Å². The van der Waals surface area contributed by atoms with Crippen molar-refractivity contribution in [2.45, 2.75) is 57.5 Å². The number of fused-ring (bicyclic) bond motifs is 10. The molecule has 0 radical (unpaired) electrons. The third-order valence-electron chi connectivity index (χ3n) is 3.88. The van der Waals surface area contributed by atoms with Crippen molar-refractivity contribution in [2.24, 2.45) is 0 Å². The Bertz CT molecular complexity index is 361. The summed E-state index contributed by atoms with van der Waals surface area (Å²) in [5.74, 6) is 5.08. The first-order valence-electron chi connectivity index (χ1n) is 7.64. The van der Waals surface area contributed by atoms with E-state index >= 15 is 0 Å². The monoisotopic (exact) mass is 294 g/mol. The first-order chi connectivity index (χ1) is 9.35. The third kappa shape index (κ3) is 4.46. The number of aryl methyl sites for hydroxylation is 2. The van der Waals surface area contributed by atoms with Gasteiger partial charge >= 0.3 is 0 Å². The van der Waals surface area contributed by atoms with E-state index in [0.29, 0.717) is 0 Å². The van der Waals surface area contributed by atoms with Gasteiger partial charge in [0.25, 0.3) is 0 Å². The Morgan fingerprint density at radius 1 is 0.789 bits per heavy atom. The Labute approximate surface area is 127 Å². The SMILES string of the molecule is CCc1cc2c(CC)cc1CSCCCCCSC2. The second-order valence-corrected chi connectivity index (χ2v) is 7.47. The zero-order valence-electron chi connectivity index (χ0n) is 12.3. The van der Waals surface area contributed by atoms with E-state index in [1.807, 2.05) is 0 Å². The second kappa shape index (κ2) is 8.26. The second-order valence-electron chi connectivity index (χ2n) is 5.26. The van der Waals surface area contributed by atoms with Gasteiger partial charge in [-0.25, -0.2) is 0 Å². The average Bonchev–Trinajstić information content (AvgIpc) is 2.48. The molecule has 0 amide bonds. The first kappa shape index (κ1) is 15.3. The van der Waals surface area contributed by atoms with Crippen molar-refractivity contribution >= 4 is 23.5 Å². The average molecular weight is 295 g/mol. The summed E-state index contributed by atoms with van der Waals surface area (Å²) in [5.41, 5.74) is 6.36. The summed E-state index contributed by atoms with van der Waals surface area (Å²) in [4.78, 5) is 0. The van der Waals surface area contributed by atoms with Crippen LogP contribution in [0.25, 0.3) is 0 Å². The highest BCUT2D eigenvalue weighted by Gasteiger charge is 2.09. The van der Waals surface area contributed by atoms with Gasteiger partial charge in [0, 0.05) is 11.5 Å². The van der Waals surface area contributed by atoms with Crippen LogP contribution in [0, 0.1) is 0 Å². The molecule has 2 heteroatoms. The van der Waals surface area contributed by atoms with Crippen molar-refractivity contribution in [3.8, 4) is 0 Å². The number of benzene rings is 1. The Hall–Kier alpha value is -0.0800. The van der Waals surface area contributed by atoms with Crippen molar-refractivity contribution in [3.63, 3.8) is 0 Å². The van der Waals surface area contributed by atoms with Crippen LogP contribution >= 0.6 is 23.5 Å². The van der Waals surface area contributed by atoms with Crippen molar-refractivity contribution in [1.29, 1.82) is 0 Å². The fourth-order valence-electron chi connectivity index (χ4n) is 2.67. The molecule has 3 rings (SSSR count). The molecule has 0 saturated heterocycles. The molecular formula is C17H26S2. The highest BCUT2D eigenvalue weighted by Crippen LogP contribution is 2.27. The van der Waals surface area contributed by atoms with E-state index in [4.69, 9.17) is 0 Å². The summed E-state index contributed by atoms with van der Waals surface area (Å²) in [6.45, 7) is 4.59. The largest absolute Gasteiger partial charge is 0.157 e. The predicted octanol–water partition coefficient (Wildman–Crippen LogP) is 5.46. The molecule has 0 spiro atoms. The van der Waals surface area contributed by atoms with Crippen molar-refractivity contribution in [3.05, 3.63) is 34.4 Å². The normalized spacial score (nSPS) is 17.6. The smallest absolute Gasteiger partial charge is 0.0187 e. The van der Waals surface area contributed by atoms with Crippen LogP contribution in [0.3, 0.4) is 0 Å². The van der Waals surface area contributed by atoms with E-state index < -0.39 is 0 Å². The molecule has 0 aliphatic carbocycles. The van der Waals surface area contributed by atoms with Gasteiger partial charge in [0.15, 0.2) is 0 Å². The number of rotatable bonds is 2. The maximum absolute atomic E-state index is 2.50. The fourth-order valence-corrected chi connectivity index (χ4v) is 4.75. The molecule has 2 bridgehead atoms. The number of hydrogen-bond donors (Lipinski definition) is 0. The highest BCUT2D eigenvalue weighted by atomic mass is 32.2. The maximum atomic E-state index is 2.50. The van der Waals surface area contributed by atoms with Crippen LogP contribution in [0.5, 0.6) is 0 Å². The van der Waals surface area contributed by atoms with Gasteiger partial charge in [-0.3, -0.25) is 0 Å². The van der Waals surface area contributed by atoms with Crippen LogP contribution in [-0.2, 0) is 24.3 Å². The number of thioether (sulfide) groups is 2. The summed E-state index contributed by atoms with van der Waals surface area (Å²) in [5, 5.41) is 0. The van der Waals surface area contributed by atoms with E-state index in [0.717, 1.165) is 0 Å². The fraction of sp³-hybridized carbons (Fsp3) is 0.647. The maximum Gasteiger partial charge on any atom is 0.0187 e. The molecule has 19 heavy (non-hydrogen) atoms. The topological polar surface area (TPSA) is 0 Å². The molecule has 0 unspecified atom stereocenters. The van der Waals surface area contributed by atoms with E-state index in [-0.39, 0.29) is 0 Å². The molecule has 0 nitrogen and oxygen atoms in total. The summed E-state index contributed by atoms with van der Waals surface area (Å²) in [6.07, 6.45) is 6.55. The van der Waals surface area contributed by atoms with Gasteiger partial charge in [0.05, 0.1) is 0 Å². The lowest BCUT2D eigenvalue weighted by molar-refractivity contribution is 0.785. The van der Waals surface area contributed by atoms with E-state index in [2.05, 4.69) is 49.5 Å². The minimum atomic E-state index is 1.18. The zero-order chi connectivity index (χ0) is 13.5. The van der Waals surface area contributed by atoms with Gasteiger partial charge in [0.2, 0.25) is 0 Å². The first-order valence-corrected chi connectivity index (χ1v) is 9.95. The third-order valence-corrected chi connectivity index (χ3v) is 6.06. The van der Waals surface area contributed by atoms with Crippen molar-refractivity contribution < 1.29 is 0 Å². The van der Waals surface area contributed by atoms with Gasteiger partial charge in [-0.05, 0) is 59.4 Å². The van der Waals surface area contributed by atoms with Gasteiger partial charge in [-0.2, -0.15) is 23.5 Å². The summed E-state index contributed by atoms with van der Waals surface area (Å²) < 4.78 is 0. The Morgan fingerprint density at radius 2 is 1.26 bits per heavy atom. The molecule has 0 atom stereocenters. The molecular weight excluding hydrogens is 268 g/mol. The van der Waals surface area contributed by atoms with Crippen LogP contribution in [0.4, 0.5) is 0 Å². The summed E-state index contributed by atoms with van der Waals surface area (Å²) in [6, 6.07) is 5.00. The molecule has 1 aromatic rings. The highest BCUT2D eigenvalue weighted by molar-refractivity contribution is 7.98. The predicted molar refractivity (Wildman–Crippen MR) is 91.4 cm³/mol. The molecule has 0 N–H and O–H groups in total. The van der Waals surface area contributed by atoms with Gasteiger partial charge in [0.1, 0.15) is 0 Å². The lowest BCUT2D eigenvalue weighted by atomic mass is 9.97. The minimum Gasteiger partial charge on any atom is -0.157 e. The Morgan fingerprint density at radius 3 is 1.68 bits per heavy atom. The Balaban J connectivity index is 2.26. The summed E-state index contributed by atoms with van der Waals surface area (Å²) in [7, 11) is 0. The lowest BCUT2D eigenvalue weighted by Gasteiger charge is -2.14. The van der Waals surface area contributed by atoms with Crippen LogP contribution in [-0.4, -0.2) is 11.5 Å². The molecule has 0 aromatic heterocycles. The molecule has 0 fully saturated rings. The van der Waals surface area contributed by atoms with E-state index in [1.165, 1.54) is 55.1 Å². The van der Waals surface area contributed by atoms with Crippen LogP contribution < -0.4 is 0 Å². The van der Waals surface area contributed by atoms with Gasteiger partial charge in [-0.1, -0.05) is 32.4 Å². The van der Waals surface area contributed by atoms with Crippen LogP contribution in [0.1, 0.15) is 55.4 Å². The molecule has 2 aliphatic rings. The van der Waals surface area contributed by atoms with Gasteiger partial charge in [-0.15, -0.1) is 0 Å². The number of hydrogen-bond acceptors (Lipinski definition) is 2. The van der Waals surface area contributed by atoms with Gasteiger partial charge < -0.3 is 0 Å². The quantitative estimate of drug-likeness (QED) is 0.710. The van der Waals surface area contributed by atoms with Crippen molar-refractivity contribution in [1.82, 2.24) is 0 Å². The molecule has 1 aromatic carbocycles.